The third-order valence-corrected chi connectivity index (χ3v) is 2.94. The molecule has 0 saturated carbocycles. The van der Waals surface area contributed by atoms with Crippen LogP contribution in [0.1, 0.15) is 24.5 Å². The van der Waals surface area contributed by atoms with Crippen molar-refractivity contribution >= 4 is 28.0 Å². The molecule has 0 heterocycles. The zero-order valence-corrected chi connectivity index (χ0v) is 10.3. The van der Waals surface area contributed by atoms with Crippen LogP contribution in [-0.4, -0.2) is 11.1 Å². The lowest BCUT2D eigenvalue weighted by Gasteiger charge is -2.05. The van der Waals surface area contributed by atoms with Gasteiger partial charge in [0.1, 0.15) is 0 Å². The van der Waals surface area contributed by atoms with Gasteiger partial charge in [-0.05, 0) is 36.6 Å². The fourth-order valence-electron chi connectivity index (χ4n) is 1.32. The summed E-state index contributed by atoms with van der Waals surface area (Å²) in [6, 6.07) is 5.81. The number of carboxylic acid groups (broad SMARTS) is 1. The largest absolute Gasteiger partial charge is 0.478 e. The average molecular weight is 269 g/mol. The summed E-state index contributed by atoms with van der Waals surface area (Å²) in [5, 5.41) is 8.93. The predicted molar refractivity (Wildman–Crippen MR) is 64.8 cm³/mol. The number of aryl methyl sites for hydroxylation is 1. The Morgan fingerprint density at radius 3 is 2.67 bits per heavy atom. The first-order chi connectivity index (χ1) is 7.06. The smallest absolute Gasteiger partial charge is 0.331 e. The van der Waals surface area contributed by atoms with Gasteiger partial charge >= 0.3 is 5.97 Å². The molecule has 0 radical (unpaired) electrons. The Morgan fingerprint density at radius 1 is 1.53 bits per heavy atom. The van der Waals surface area contributed by atoms with E-state index in [1.165, 1.54) is 0 Å². The number of hydrogen-bond acceptors (Lipinski definition) is 1. The van der Waals surface area contributed by atoms with Crippen LogP contribution in [0.5, 0.6) is 0 Å². The number of aliphatic carboxylic acids is 1. The molecular weight excluding hydrogens is 256 g/mol. The van der Waals surface area contributed by atoms with Gasteiger partial charge in [-0.3, -0.25) is 0 Å². The number of carboxylic acids is 1. The van der Waals surface area contributed by atoms with E-state index in [-0.39, 0.29) is 0 Å². The number of hydrogen-bond donors (Lipinski definition) is 1. The third-order valence-electron chi connectivity index (χ3n) is 2.25. The summed E-state index contributed by atoms with van der Waals surface area (Å²) in [7, 11) is 0. The van der Waals surface area contributed by atoms with E-state index in [1.54, 1.807) is 6.08 Å². The molecule has 0 unspecified atom stereocenters. The molecule has 0 aliphatic heterocycles. The lowest BCUT2D eigenvalue weighted by Crippen LogP contribution is -1.99. The Labute approximate surface area is 97.8 Å². The van der Waals surface area contributed by atoms with Crippen LogP contribution in [0.4, 0.5) is 0 Å². The fraction of sp³-hybridized carbons (Fsp3) is 0.250. The van der Waals surface area contributed by atoms with E-state index in [0.29, 0.717) is 12.0 Å². The Balaban J connectivity index is 3.22. The molecule has 80 valence electrons. The first kappa shape index (κ1) is 12.0. The average Bonchev–Trinajstić information content (AvgIpc) is 2.17. The van der Waals surface area contributed by atoms with Crippen molar-refractivity contribution in [2.45, 2.75) is 20.3 Å². The zero-order chi connectivity index (χ0) is 11.4. The second kappa shape index (κ2) is 5.12. The molecule has 1 aromatic rings. The molecule has 2 nitrogen and oxygen atoms in total. The summed E-state index contributed by atoms with van der Waals surface area (Å²) < 4.78 is 0.926. The lowest BCUT2D eigenvalue weighted by molar-refractivity contribution is -0.132. The molecule has 0 atom stereocenters. The lowest BCUT2D eigenvalue weighted by atomic mass is 10.0. The maximum atomic E-state index is 10.9. The molecule has 0 aliphatic rings. The molecule has 1 aromatic carbocycles. The fourth-order valence-corrected chi connectivity index (χ4v) is 1.90. The standard InChI is InChI=1S/C12H13BrO2/c1-3-9(12(14)15)7-10-8(2)5-4-6-11(10)13/h4-7H,3H2,1-2H3,(H,14,15)/b9-7+. The highest BCUT2D eigenvalue weighted by molar-refractivity contribution is 9.10. The SMILES string of the molecule is CC/C(=C\c1c(C)cccc1Br)C(=O)O. The van der Waals surface area contributed by atoms with Crippen molar-refractivity contribution < 1.29 is 9.90 Å². The van der Waals surface area contributed by atoms with Crippen molar-refractivity contribution in [1.82, 2.24) is 0 Å². The highest BCUT2D eigenvalue weighted by atomic mass is 79.9. The number of benzene rings is 1. The minimum Gasteiger partial charge on any atom is -0.478 e. The van der Waals surface area contributed by atoms with Gasteiger partial charge in [0, 0.05) is 10.0 Å². The molecular formula is C12H13BrO2. The van der Waals surface area contributed by atoms with Crippen LogP contribution in [0.2, 0.25) is 0 Å². The summed E-state index contributed by atoms with van der Waals surface area (Å²) in [6.07, 6.45) is 2.25. The quantitative estimate of drug-likeness (QED) is 0.850. The van der Waals surface area contributed by atoms with E-state index in [1.807, 2.05) is 32.0 Å². The number of rotatable bonds is 3. The van der Waals surface area contributed by atoms with Crippen molar-refractivity contribution in [2.24, 2.45) is 0 Å². The van der Waals surface area contributed by atoms with E-state index < -0.39 is 5.97 Å². The van der Waals surface area contributed by atoms with Crippen molar-refractivity contribution in [2.75, 3.05) is 0 Å². The van der Waals surface area contributed by atoms with Crippen LogP contribution in [-0.2, 0) is 4.79 Å². The molecule has 0 spiro atoms. The molecule has 0 aromatic heterocycles. The second-order valence-corrected chi connectivity index (χ2v) is 4.15. The highest BCUT2D eigenvalue weighted by Gasteiger charge is 2.07. The maximum Gasteiger partial charge on any atom is 0.331 e. The molecule has 1 rings (SSSR count). The molecule has 3 heteroatoms. The monoisotopic (exact) mass is 268 g/mol. The van der Waals surface area contributed by atoms with Crippen LogP contribution >= 0.6 is 15.9 Å². The van der Waals surface area contributed by atoms with Gasteiger partial charge in [-0.25, -0.2) is 4.79 Å². The van der Waals surface area contributed by atoms with Crippen molar-refractivity contribution in [3.8, 4) is 0 Å². The van der Waals surface area contributed by atoms with E-state index in [9.17, 15) is 4.79 Å². The van der Waals surface area contributed by atoms with Crippen LogP contribution < -0.4 is 0 Å². The van der Waals surface area contributed by atoms with Gasteiger partial charge in [-0.2, -0.15) is 0 Å². The van der Waals surface area contributed by atoms with Crippen LogP contribution in [0.3, 0.4) is 0 Å². The van der Waals surface area contributed by atoms with Gasteiger partial charge in [0.25, 0.3) is 0 Å². The van der Waals surface area contributed by atoms with Crippen molar-refractivity contribution in [1.29, 1.82) is 0 Å². The summed E-state index contributed by atoms with van der Waals surface area (Å²) in [5.41, 5.74) is 2.43. The molecule has 0 bridgehead atoms. The first-order valence-corrected chi connectivity index (χ1v) is 5.54. The Morgan fingerprint density at radius 2 is 2.20 bits per heavy atom. The minimum atomic E-state index is -0.854. The van der Waals surface area contributed by atoms with E-state index in [2.05, 4.69) is 15.9 Å². The van der Waals surface area contributed by atoms with Crippen LogP contribution in [0, 0.1) is 6.92 Å². The Kier molecular flexibility index (Phi) is 4.09. The van der Waals surface area contributed by atoms with Crippen LogP contribution in [0.15, 0.2) is 28.2 Å². The normalized spacial score (nSPS) is 11.5. The van der Waals surface area contributed by atoms with Gasteiger partial charge in [0.2, 0.25) is 0 Å². The molecule has 1 N–H and O–H groups in total. The van der Waals surface area contributed by atoms with Crippen molar-refractivity contribution in [3.63, 3.8) is 0 Å². The molecule has 0 saturated heterocycles. The summed E-state index contributed by atoms with van der Waals surface area (Å²) >= 11 is 3.42. The zero-order valence-electron chi connectivity index (χ0n) is 8.75. The third kappa shape index (κ3) is 2.93. The van der Waals surface area contributed by atoms with Gasteiger partial charge in [0.15, 0.2) is 0 Å². The van der Waals surface area contributed by atoms with Gasteiger partial charge in [-0.1, -0.05) is 35.0 Å². The van der Waals surface area contributed by atoms with E-state index in [4.69, 9.17) is 5.11 Å². The summed E-state index contributed by atoms with van der Waals surface area (Å²) in [4.78, 5) is 10.9. The topological polar surface area (TPSA) is 37.3 Å². The van der Waals surface area contributed by atoms with Gasteiger partial charge in [0.05, 0.1) is 0 Å². The minimum absolute atomic E-state index is 0.421. The Hall–Kier alpha value is -1.09. The molecule has 0 fully saturated rings. The number of halogens is 1. The predicted octanol–water partition coefficient (Wildman–Crippen LogP) is 3.64. The first-order valence-electron chi connectivity index (χ1n) is 4.75. The second-order valence-electron chi connectivity index (χ2n) is 3.30. The van der Waals surface area contributed by atoms with Gasteiger partial charge in [-0.15, -0.1) is 0 Å². The highest BCUT2D eigenvalue weighted by Crippen LogP contribution is 2.23. The maximum absolute atomic E-state index is 10.9. The summed E-state index contributed by atoms with van der Waals surface area (Å²) in [5.74, 6) is -0.854. The van der Waals surface area contributed by atoms with Crippen LogP contribution in [0.25, 0.3) is 6.08 Å². The molecule has 0 amide bonds. The summed E-state index contributed by atoms with van der Waals surface area (Å²) in [6.45, 7) is 3.80. The molecule has 15 heavy (non-hydrogen) atoms. The number of carbonyl (C=O) groups is 1. The molecule has 0 aliphatic carbocycles. The Bertz CT molecular complexity index is 388. The van der Waals surface area contributed by atoms with E-state index in [0.717, 1.165) is 15.6 Å². The van der Waals surface area contributed by atoms with Crippen molar-refractivity contribution in [3.05, 3.63) is 39.4 Å². The van der Waals surface area contributed by atoms with Gasteiger partial charge < -0.3 is 5.11 Å². The van der Waals surface area contributed by atoms with E-state index >= 15 is 0 Å².